The summed E-state index contributed by atoms with van der Waals surface area (Å²) >= 11 is 0. The predicted octanol–water partition coefficient (Wildman–Crippen LogP) is 1.55. The fourth-order valence-electron chi connectivity index (χ4n) is 2.29. The van der Waals surface area contributed by atoms with Crippen molar-refractivity contribution in [1.82, 2.24) is 5.32 Å². The van der Waals surface area contributed by atoms with Crippen LogP contribution in [0.5, 0.6) is 11.5 Å². The van der Waals surface area contributed by atoms with E-state index in [0.29, 0.717) is 18.8 Å². The zero-order valence-corrected chi connectivity index (χ0v) is 14.1. The molecule has 2 rings (SSSR count). The molecular formula is C16H23NO5S. The van der Waals surface area contributed by atoms with Gasteiger partial charge in [0.1, 0.15) is 11.5 Å². The van der Waals surface area contributed by atoms with Gasteiger partial charge in [0.25, 0.3) is 5.91 Å². The van der Waals surface area contributed by atoms with Gasteiger partial charge in [-0.2, -0.15) is 0 Å². The molecule has 0 spiro atoms. The summed E-state index contributed by atoms with van der Waals surface area (Å²) in [6, 6.07) is 6.78. The third kappa shape index (κ3) is 6.09. The van der Waals surface area contributed by atoms with Crippen LogP contribution in [0.25, 0.3) is 0 Å². The Morgan fingerprint density at radius 2 is 1.87 bits per heavy atom. The lowest BCUT2D eigenvalue weighted by Gasteiger charge is -2.12. The molecule has 0 aromatic heterocycles. The summed E-state index contributed by atoms with van der Waals surface area (Å²) in [6.45, 7) is 2.66. The maximum Gasteiger partial charge on any atom is 0.258 e. The first-order chi connectivity index (χ1) is 11.0. The van der Waals surface area contributed by atoms with Crippen molar-refractivity contribution in [3.8, 4) is 11.5 Å². The molecule has 1 saturated heterocycles. The van der Waals surface area contributed by atoms with Crippen molar-refractivity contribution in [2.45, 2.75) is 32.2 Å². The van der Waals surface area contributed by atoms with Crippen molar-refractivity contribution in [1.29, 1.82) is 0 Å². The molecule has 0 aliphatic carbocycles. The predicted molar refractivity (Wildman–Crippen MR) is 87.5 cm³/mol. The second-order valence-electron chi connectivity index (χ2n) is 5.63. The van der Waals surface area contributed by atoms with Gasteiger partial charge in [-0.25, -0.2) is 8.42 Å². The first-order valence-corrected chi connectivity index (χ1v) is 9.66. The summed E-state index contributed by atoms with van der Waals surface area (Å²) in [7, 11) is -2.99. The minimum absolute atomic E-state index is 0.0164. The summed E-state index contributed by atoms with van der Waals surface area (Å²) in [5, 5.41) is 2.68. The lowest BCUT2D eigenvalue weighted by atomic mass is 10.2. The first-order valence-electron chi connectivity index (χ1n) is 7.84. The first kappa shape index (κ1) is 17.6. The zero-order chi connectivity index (χ0) is 16.7. The number of amides is 1. The van der Waals surface area contributed by atoms with E-state index in [1.807, 2.05) is 0 Å². The molecule has 1 aliphatic rings. The highest BCUT2D eigenvalue weighted by molar-refractivity contribution is 7.91. The summed E-state index contributed by atoms with van der Waals surface area (Å²) in [6.07, 6.45) is 2.56. The van der Waals surface area contributed by atoms with E-state index in [2.05, 4.69) is 12.2 Å². The molecule has 7 heteroatoms. The number of rotatable bonds is 8. The number of benzene rings is 1. The molecule has 0 saturated carbocycles. The molecule has 1 fully saturated rings. The van der Waals surface area contributed by atoms with Gasteiger partial charge < -0.3 is 14.8 Å². The van der Waals surface area contributed by atoms with E-state index in [1.54, 1.807) is 24.3 Å². The molecule has 1 N–H and O–H groups in total. The highest BCUT2D eigenvalue weighted by Crippen LogP contribution is 2.18. The lowest BCUT2D eigenvalue weighted by molar-refractivity contribution is -0.123. The van der Waals surface area contributed by atoms with Crippen LogP contribution in [0, 0.1) is 0 Å². The van der Waals surface area contributed by atoms with Crippen LogP contribution in [0.3, 0.4) is 0 Å². The molecule has 128 valence electrons. The minimum atomic E-state index is -2.99. The van der Waals surface area contributed by atoms with Gasteiger partial charge in [0, 0.05) is 6.04 Å². The summed E-state index contributed by atoms with van der Waals surface area (Å²) in [5.41, 5.74) is 0. The molecular weight excluding hydrogens is 318 g/mol. The molecule has 6 nitrogen and oxygen atoms in total. The number of hydrogen-bond acceptors (Lipinski definition) is 5. The number of ether oxygens (including phenoxy) is 2. The van der Waals surface area contributed by atoms with E-state index in [4.69, 9.17) is 9.47 Å². The molecule has 1 unspecified atom stereocenters. The topological polar surface area (TPSA) is 81.7 Å². The van der Waals surface area contributed by atoms with Crippen molar-refractivity contribution in [2.75, 3.05) is 24.7 Å². The van der Waals surface area contributed by atoms with Gasteiger partial charge in [-0.15, -0.1) is 0 Å². The summed E-state index contributed by atoms with van der Waals surface area (Å²) < 4.78 is 33.6. The molecule has 1 heterocycles. The highest BCUT2D eigenvalue weighted by atomic mass is 32.2. The van der Waals surface area contributed by atoms with Crippen LogP contribution >= 0.6 is 0 Å². The van der Waals surface area contributed by atoms with Crippen LogP contribution in [0.4, 0.5) is 0 Å². The van der Waals surface area contributed by atoms with Crippen LogP contribution in [-0.2, 0) is 14.6 Å². The number of unbranched alkanes of at least 4 members (excludes halogenated alkanes) is 1. The number of nitrogens with one attached hydrogen (secondary N) is 1. The van der Waals surface area contributed by atoms with E-state index < -0.39 is 9.84 Å². The van der Waals surface area contributed by atoms with E-state index in [9.17, 15) is 13.2 Å². The quantitative estimate of drug-likeness (QED) is 0.726. The van der Waals surface area contributed by atoms with Gasteiger partial charge in [0.05, 0.1) is 18.1 Å². The third-order valence-corrected chi connectivity index (χ3v) is 5.33. The minimum Gasteiger partial charge on any atom is -0.494 e. The smallest absolute Gasteiger partial charge is 0.258 e. The molecule has 1 aromatic rings. The van der Waals surface area contributed by atoms with Crippen molar-refractivity contribution in [2.24, 2.45) is 0 Å². The average molecular weight is 341 g/mol. The number of carbonyl (C=O) groups is 1. The largest absolute Gasteiger partial charge is 0.494 e. The van der Waals surface area contributed by atoms with Crippen molar-refractivity contribution < 1.29 is 22.7 Å². The van der Waals surface area contributed by atoms with Gasteiger partial charge in [-0.05, 0) is 37.1 Å². The SMILES string of the molecule is CCCCOc1ccc(OCC(=O)NC2CCS(=O)(=O)C2)cc1. The van der Waals surface area contributed by atoms with E-state index in [1.165, 1.54) is 0 Å². The molecule has 1 aliphatic heterocycles. The maximum absolute atomic E-state index is 11.8. The number of hydrogen-bond donors (Lipinski definition) is 1. The van der Waals surface area contributed by atoms with Crippen LogP contribution in [0.15, 0.2) is 24.3 Å². The highest BCUT2D eigenvalue weighted by Gasteiger charge is 2.28. The Kier molecular flexibility index (Phi) is 6.27. The Balaban J connectivity index is 1.72. The molecule has 1 atom stereocenters. The van der Waals surface area contributed by atoms with Crippen LogP contribution < -0.4 is 14.8 Å². The number of carbonyl (C=O) groups excluding carboxylic acids is 1. The van der Waals surface area contributed by atoms with E-state index in [0.717, 1.165) is 18.6 Å². The second kappa shape index (κ2) is 8.19. The average Bonchev–Trinajstić information content (AvgIpc) is 2.85. The zero-order valence-electron chi connectivity index (χ0n) is 13.3. The maximum atomic E-state index is 11.8. The standard InChI is InChI=1S/C16H23NO5S/c1-2-3-9-21-14-4-6-15(7-5-14)22-11-16(18)17-13-8-10-23(19,20)12-13/h4-7,13H,2-3,8-12H2,1H3,(H,17,18). The fourth-order valence-corrected chi connectivity index (χ4v) is 3.97. The summed E-state index contributed by atoms with van der Waals surface area (Å²) in [4.78, 5) is 11.8. The van der Waals surface area contributed by atoms with Crippen LogP contribution in [0.2, 0.25) is 0 Å². The van der Waals surface area contributed by atoms with Gasteiger partial charge in [-0.1, -0.05) is 13.3 Å². The van der Waals surface area contributed by atoms with Gasteiger partial charge >= 0.3 is 0 Å². The Labute approximate surface area is 137 Å². The van der Waals surface area contributed by atoms with Crippen LogP contribution in [0.1, 0.15) is 26.2 Å². The third-order valence-electron chi connectivity index (χ3n) is 3.56. The molecule has 0 radical (unpaired) electrons. The molecule has 1 aromatic carbocycles. The van der Waals surface area contributed by atoms with Crippen molar-refractivity contribution >= 4 is 15.7 Å². The van der Waals surface area contributed by atoms with Crippen LogP contribution in [-0.4, -0.2) is 45.1 Å². The normalized spacial score (nSPS) is 19.3. The Hall–Kier alpha value is -1.76. The van der Waals surface area contributed by atoms with E-state index >= 15 is 0 Å². The Morgan fingerprint density at radius 1 is 1.22 bits per heavy atom. The van der Waals surface area contributed by atoms with Gasteiger partial charge in [0.2, 0.25) is 0 Å². The monoisotopic (exact) mass is 341 g/mol. The molecule has 1 amide bonds. The lowest BCUT2D eigenvalue weighted by Crippen LogP contribution is -2.38. The molecule has 23 heavy (non-hydrogen) atoms. The summed E-state index contributed by atoms with van der Waals surface area (Å²) in [5.74, 6) is 1.18. The fraction of sp³-hybridized carbons (Fsp3) is 0.562. The Morgan fingerprint density at radius 3 is 2.43 bits per heavy atom. The second-order valence-corrected chi connectivity index (χ2v) is 7.86. The van der Waals surface area contributed by atoms with E-state index in [-0.39, 0.29) is 30.1 Å². The molecule has 0 bridgehead atoms. The van der Waals surface area contributed by atoms with Crippen molar-refractivity contribution in [3.05, 3.63) is 24.3 Å². The van der Waals surface area contributed by atoms with Gasteiger partial charge in [-0.3, -0.25) is 4.79 Å². The number of sulfone groups is 1. The van der Waals surface area contributed by atoms with Gasteiger partial charge in [0.15, 0.2) is 16.4 Å². The Bertz CT molecular complexity index is 612. The van der Waals surface area contributed by atoms with Crippen molar-refractivity contribution in [3.63, 3.8) is 0 Å².